The van der Waals surface area contributed by atoms with Gasteiger partial charge in [-0.2, -0.15) is 0 Å². The Labute approximate surface area is 209 Å². The predicted molar refractivity (Wildman–Crippen MR) is 133 cm³/mol. The largest absolute Gasteiger partial charge is 0.492 e. The second-order valence-electron chi connectivity index (χ2n) is 9.21. The van der Waals surface area contributed by atoms with Crippen LogP contribution in [0.25, 0.3) is 0 Å². The van der Waals surface area contributed by atoms with Gasteiger partial charge in [0.25, 0.3) is 0 Å². The Morgan fingerprint density at radius 2 is 2.03 bits per heavy atom. The van der Waals surface area contributed by atoms with Gasteiger partial charge in [0.15, 0.2) is 0 Å². The number of esters is 1. The molecule has 8 nitrogen and oxygen atoms in total. The summed E-state index contributed by atoms with van der Waals surface area (Å²) in [5, 5.41) is 0. The first kappa shape index (κ1) is 25.9. The Morgan fingerprint density at radius 3 is 2.74 bits per heavy atom. The lowest BCUT2D eigenvalue weighted by Gasteiger charge is -2.29. The third-order valence-corrected chi connectivity index (χ3v) is 5.79. The molecule has 3 heterocycles. The van der Waals surface area contributed by atoms with Crippen molar-refractivity contribution in [3.05, 3.63) is 52.5 Å². The number of amides is 2. The molecule has 184 valence electrons. The Kier molecular flexibility index (Phi) is 8.88. The van der Waals surface area contributed by atoms with Crippen molar-refractivity contribution >= 4 is 27.9 Å². The Hall–Kier alpha value is -2.68. The summed E-state index contributed by atoms with van der Waals surface area (Å²) < 4.78 is 12.0. The zero-order chi connectivity index (χ0) is 24.7. The number of halogens is 1. The van der Waals surface area contributed by atoms with E-state index in [1.807, 2.05) is 56.9 Å². The molecule has 0 bridgehead atoms. The lowest BCUT2D eigenvalue weighted by atomic mass is 10.0. The molecule has 34 heavy (non-hydrogen) atoms. The Balaban J connectivity index is 1.71. The lowest BCUT2D eigenvalue weighted by molar-refractivity contribution is -0.156. The van der Waals surface area contributed by atoms with Crippen molar-refractivity contribution in [1.29, 1.82) is 0 Å². The third-order valence-electron chi connectivity index (χ3n) is 5.35. The van der Waals surface area contributed by atoms with Crippen molar-refractivity contribution in [2.75, 3.05) is 26.2 Å². The molecule has 0 spiro atoms. The highest BCUT2D eigenvalue weighted by atomic mass is 79.9. The van der Waals surface area contributed by atoms with Gasteiger partial charge in [0.05, 0.1) is 25.3 Å². The van der Waals surface area contributed by atoms with Crippen molar-refractivity contribution < 1.29 is 19.1 Å². The van der Waals surface area contributed by atoms with Crippen molar-refractivity contribution in [2.45, 2.75) is 58.6 Å². The van der Waals surface area contributed by atoms with Gasteiger partial charge in [-0.15, -0.1) is 0 Å². The molecule has 1 atom stereocenters. The van der Waals surface area contributed by atoms with Crippen LogP contribution in [0.2, 0.25) is 0 Å². The van der Waals surface area contributed by atoms with Crippen LogP contribution in [0.5, 0.6) is 5.75 Å². The number of ether oxygens (including phenoxy) is 2. The van der Waals surface area contributed by atoms with Gasteiger partial charge >= 0.3 is 12.0 Å². The first-order valence-electron chi connectivity index (χ1n) is 11.6. The molecule has 2 aromatic rings. The second-order valence-corrected chi connectivity index (χ2v) is 10.0. The lowest BCUT2D eigenvalue weighted by Crippen LogP contribution is -2.37. The summed E-state index contributed by atoms with van der Waals surface area (Å²) in [6.07, 6.45) is 4.96. The van der Waals surface area contributed by atoms with Crippen LogP contribution in [0.1, 0.15) is 57.8 Å². The molecule has 0 saturated carbocycles. The maximum atomic E-state index is 13.3. The van der Waals surface area contributed by atoms with Crippen LogP contribution < -0.4 is 4.74 Å². The van der Waals surface area contributed by atoms with E-state index in [4.69, 9.17) is 9.47 Å². The van der Waals surface area contributed by atoms with E-state index < -0.39 is 11.6 Å². The SMILES string of the molecule is CCOc1cncc(C(CC(=O)OC(C)(C)C)N2CCN(CCCc3cccc(Br)n3)C2=O)c1. The highest BCUT2D eigenvalue weighted by Gasteiger charge is 2.36. The minimum atomic E-state index is -0.603. The van der Waals surface area contributed by atoms with Crippen molar-refractivity contribution in [2.24, 2.45) is 0 Å². The molecule has 2 amide bonds. The van der Waals surface area contributed by atoms with Gasteiger partial charge in [0.1, 0.15) is 16.0 Å². The maximum Gasteiger partial charge on any atom is 0.320 e. The minimum Gasteiger partial charge on any atom is -0.492 e. The van der Waals surface area contributed by atoms with E-state index in [-0.39, 0.29) is 18.4 Å². The summed E-state index contributed by atoms with van der Waals surface area (Å²) >= 11 is 3.39. The summed E-state index contributed by atoms with van der Waals surface area (Å²) in [5.41, 5.74) is 1.14. The van der Waals surface area contributed by atoms with Gasteiger partial charge in [0, 0.05) is 31.5 Å². The molecule has 2 aromatic heterocycles. The minimum absolute atomic E-state index is 0.0517. The number of nitrogens with zero attached hydrogens (tertiary/aromatic N) is 4. The fourth-order valence-electron chi connectivity index (χ4n) is 3.95. The Bertz CT molecular complexity index is 995. The molecule has 3 rings (SSSR count). The van der Waals surface area contributed by atoms with Crippen LogP contribution in [-0.4, -0.2) is 63.6 Å². The van der Waals surface area contributed by atoms with Crippen LogP contribution in [-0.2, 0) is 16.0 Å². The average molecular weight is 533 g/mol. The quantitative estimate of drug-likeness (QED) is 0.323. The van der Waals surface area contributed by atoms with E-state index in [1.165, 1.54) is 0 Å². The molecule has 1 saturated heterocycles. The summed E-state index contributed by atoms with van der Waals surface area (Å²) in [6.45, 7) is 9.66. The standard InChI is InChI=1S/C25H33BrN4O4/c1-5-33-20-14-18(16-27-17-20)21(15-23(31)34-25(2,3)4)30-13-12-29(24(30)32)11-7-9-19-8-6-10-22(26)28-19/h6,8,10,14,16-17,21H,5,7,9,11-13,15H2,1-4H3. The fraction of sp³-hybridized carbons (Fsp3) is 0.520. The first-order valence-corrected chi connectivity index (χ1v) is 12.4. The van der Waals surface area contributed by atoms with Crippen LogP contribution >= 0.6 is 15.9 Å². The molecule has 0 radical (unpaired) electrons. The molecular weight excluding hydrogens is 500 g/mol. The van der Waals surface area contributed by atoms with E-state index in [2.05, 4.69) is 25.9 Å². The van der Waals surface area contributed by atoms with Gasteiger partial charge in [-0.3, -0.25) is 9.78 Å². The number of hydrogen-bond donors (Lipinski definition) is 0. The second kappa shape index (κ2) is 11.6. The molecule has 0 aromatic carbocycles. The van der Waals surface area contributed by atoms with Crippen LogP contribution in [0.3, 0.4) is 0 Å². The van der Waals surface area contributed by atoms with Crippen molar-refractivity contribution in [3.63, 3.8) is 0 Å². The van der Waals surface area contributed by atoms with Gasteiger partial charge < -0.3 is 19.3 Å². The van der Waals surface area contributed by atoms with Gasteiger partial charge in [-0.05, 0) is 80.2 Å². The topological polar surface area (TPSA) is 84.9 Å². The first-order chi connectivity index (χ1) is 16.2. The summed E-state index contributed by atoms with van der Waals surface area (Å²) in [5.74, 6) is 0.255. The molecule has 1 aliphatic heterocycles. The van der Waals surface area contributed by atoms with Gasteiger partial charge in [0.2, 0.25) is 0 Å². The number of carbonyl (C=O) groups is 2. The zero-order valence-electron chi connectivity index (χ0n) is 20.3. The number of hydrogen-bond acceptors (Lipinski definition) is 6. The van der Waals surface area contributed by atoms with E-state index in [0.717, 1.165) is 28.7 Å². The van der Waals surface area contributed by atoms with E-state index in [0.29, 0.717) is 32.0 Å². The summed E-state index contributed by atoms with van der Waals surface area (Å²) in [7, 11) is 0. The van der Waals surface area contributed by atoms with Crippen molar-refractivity contribution in [1.82, 2.24) is 19.8 Å². The molecule has 1 unspecified atom stereocenters. The summed E-state index contributed by atoms with van der Waals surface area (Å²) in [4.78, 5) is 38.3. The van der Waals surface area contributed by atoms with Gasteiger partial charge in [-0.25, -0.2) is 9.78 Å². The number of aromatic nitrogens is 2. The number of pyridine rings is 2. The molecular formula is C25H33BrN4O4. The van der Waals surface area contributed by atoms with Crippen molar-refractivity contribution in [3.8, 4) is 5.75 Å². The number of carbonyl (C=O) groups excluding carboxylic acids is 2. The Morgan fingerprint density at radius 1 is 1.24 bits per heavy atom. The highest BCUT2D eigenvalue weighted by Crippen LogP contribution is 2.31. The fourth-order valence-corrected chi connectivity index (χ4v) is 4.33. The molecule has 1 fully saturated rings. The van der Waals surface area contributed by atoms with Crippen LogP contribution in [0.15, 0.2) is 41.3 Å². The number of urea groups is 1. The van der Waals surface area contributed by atoms with Crippen LogP contribution in [0.4, 0.5) is 4.79 Å². The molecule has 9 heteroatoms. The predicted octanol–water partition coefficient (Wildman–Crippen LogP) is 4.78. The average Bonchev–Trinajstić information content (AvgIpc) is 3.11. The normalized spacial score (nSPS) is 14.9. The zero-order valence-corrected chi connectivity index (χ0v) is 21.9. The molecule has 1 aliphatic rings. The van der Waals surface area contributed by atoms with E-state index in [9.17, 15) is 9.59 Å². The highest BCUT2D eigenvalue weighted by molar-refractivity contribution is 9.10. The van der Waals surface area contributed by atoms with Gasteiger partial charge in [-0.1, -0.05) is 6.07 Å². The molecule has 0 N–H and O–H groups in total. The monoisotopic (exact) mass is 532 g/mol. The maximum absolute atomic E-state index is 13.3. The third kappa shape index (κ3) is 7.41. The van der Waals surface area contributed by atoms with E-state index >= 15 is 0 Å². The smallest absolute Gasteiger partial charge is 0.320 e. The van der Waals surface area contributed by atoms with Crippen LogP contribution in [0, 0.1) is 0 Å². The number of aryl methyl sites for hydroxylation is 1. The van der Waals surface area contributed by atoms with E-state index in [1.54, 1.807) is 17.3 Å². The summed E-state index contributed by atoms with van der Waals surface area (Å²) in [6, 6.07) is 7.12. The number of rotatable bonds is 10. The molecule has 0 aliphatic carbocycles.